The van der Waals surface area contributed by atoms with Gasteiger partial charge in [-0.2, -0.15) is 0 Å². The molecular weight excluding hydrogens is 140 g/mol. The average molecular weight is 146 g/mol. The monoisotopic (exact) mass is 146 g/mol. The fraction of sp³-hybridized carbons (Fsp3) is 1.00. The molecule has 0 atom stereocenters. The summed E-state index contributed by atoms with van der Waals surface area (Å²) in [4.78, 5) is 7.01. The van der Waals surface area contributed by atoms with Crippen LogP contribution in [0.25, 0.3) is 0 Å². The summed E-state index contributed by atoms with van der Waals surface area (Å²) in [5.74, 6) is 0. The summed E-state index contributed by atoms with van der Waals surface area (Å²) in [5, 5.41) is 15.5. The molecule has 0 saturated carbocycles. The topological polar surface area (TPSA) is 65.5 Å². The summed E-state index contributed by atoms with van der Waals surface area (Å²) in [6, 6.07) is 0. The van der Waals surface area contributed by atoms with Crippen molar-refractivity contribution in [3.8, 4) is 0 Å². The second kappa shape index (κ2) is 3.81. The Hall–Kier alpha value is 1.87. The van der Waals surface area contributed by atoms with E-state index in [9.17, 15) is 0 Å². The van der Waals surface area contributed by atoms with E-state index in [0.717, 1.165) is 0 Å². The van der Waals surface area contributed by atoms with Crippen LogP contribution in [0.1, 0.15) is 0 Å². The molecule has 0 aromatic carbocycles. The summed E-state index contributed by atoms with van der Waals surface area (Å²) < 4.78 is 0. The van der Waals surface area contributed by atoms with Gasteiger partial charge in [0.25, 0.3) is 0 Å². The van der Waals surface area contributed by atoms with E-state index in [4.69, 9.17) is 10.2 Å². The van der Waals surface area contributed by atoms with Crippen molar-refractivity contribution >= 4 is 60.8 Å². The first-order valence-electron chi connectivity index (χ1n) is 1.02. The van der Waals surface area contributed by atoms with Gasteiger partial charge in [-0.25, -0.2) is 0 Å². The van der Waals surface area contributed by atoms with Crippen molar-refractivity contribution < 1.29 is 20.0 Å². The summed E-state index contributed by atoms with van der Waals surface area (Å²) in [6.45, 7) is 0. The molecule has 0 aromatic rings. The molecule has 0 aromatic heterocycles. The first kappa shape index (κ1) is 11.6. The fourth-order valence-electron chi connectivity index (χ4n) is 0.0373. The molecular formula is CH6CaMgO4. The Labute approximate surface area is 85.9 Å². The first-order chi connectivity index (χ1) is 2.21. The van der Waals surface area contributed by atoms with Gasteiger partial charge in [0, 0.05) is 0 Å². The third kappa shape index (κ3) is 5.74. The van der Waals surface area contributed by atoms with E-state index >= 15 is 0 Å². The molecule has 2 N–H and O–H groups in total. The molecule has 4 nitrogen and oxygen atoms in total. The number of rotatable bonds is 0. The third-order valence-electron chi connectivity index (χ3n) is 0.232. The molecule has 6 heteroatoms. The van der Waals surface area contributed by atoms with Crippen LogP contribution in [0.3, 0.4) is 0 Å². The number of hydrogen-bond donors (Lipinski definition) is 2. The summed E-state index contributed by atoms with van der Waals surface area (Å²) in [5.41, 5.74) is 0. The fourth-order valence-corrected chi connectivity index (χ4v) is 0.0373. The normalized spacial score (nSPS) is 21.4. The molecule has 0 aliphatic carbocycles. The van der Waals surface area contributed by atoms with Gasteiger partial charge in [0.15, 0.2) is 0 Å². The molecule has 1 rings (SSSR count). The van der Waals surface area contributed by atoms with E-state index in [-0.39, 0.29) is 60.8 Å². The van der Waals surface area contributed by atoms with E-state index < -0.39 is 6.16 Å². The Balaban J connectivity index is 0. The maximum Gasteiger partial charge on any atom is 0.316 e. The molecule has 0 bridgehead atoms. The maximum atomic E-state index is 7.74. The molecule has 1 heterocycles. The minimum absolute atomic E-state index is 0. The van der Waals surface area contributed by atoms with Crippen LogP contribution in [0.5, 0.6) is 0 Å². The van der Waals surface area contributed by atoms with Crippen LogP contribution < -0.4 is 0 Å². The predicted octanol–water partition coefficient (Wildman–Crippen LogP) is -3.29. The summed E-state index contributed by atoms with van der Waals surface area (Å²) in [6.07, 6.45) is -2.25. The second-order valence-corrected chi connectivity index (χ2v) is 0.715. The minimum atomic E-state index is -2.25. The van der Waals surface area contributed by atoms with Gasteiger partial charge in [-0.15, -0.1) is 9.78 Å². The molecule has 0 radical (unpaired) electrons. The Morgan fingerprint density at radius 1 is 1.14 bits per heavy atom. The van der Waals surface area contributed by atoms with E-state index in [1.807, 2.05) is 0 Å². The number of aliphatic hydroxyl groups is 2. The van der Waals surface area contributed by atoms with Crippen LogP contribution in [0.2, 0.25) is 0 Å². The molecule has 0 spiro atoms. The van der Waals surface area contributed by atoms with Crippen molar-refractivity contribution in [1.29, 1.82) is 0 Å². The van der Waals surface area contributed by atoms with Gasteiger partial charge in [0.2, 0.25) is 0 Å². The van der Waals surface area contributed by atoms with Crippen molar-refractivity contribution in [2.75, 3.05) is 0 Å². The van der Waals surface area contributed by atoms with Crippen molar-refractivity contribution in [3.63, 3.8) is 0 Å². The Bertz CT molecular complexity index is 49.7. The van der Waals surface area contributed by atoms with Crippen LogP contribution in [-0.2, 0) is 9.78 Å². The Kier molecular flexibility index (Phi) is 6.33. The van der Waals surface area contributed by atoms with E-state index in [1.165, 1.54) is 0 Å². The predicted molar refractivity (Wildman–Crippen MR) is 26.4 cm³/mol. The largest absolute Gasteiger partial charge is 0.316 e. The maximum absolute atomic E-state index is 7.74. The van der Waals surface area contributed by atoms with Crippen LogP contribution in [0.15, 0.2) is 0 Å². The molecule has 1 aliphatic heterocycles. The molecule has 1 fully saturated rings. The standard InChI is InChI=1S/CH2O4.Ca.Mg.4H/c2-1(3)4-5-1;;;;;;/h2-3H;;;;;;. The zero-order valence-electron chi connectivity index (χ0n) is 2.21. The summed E-state index contributed by atoms with van der Waals surface area (Å²) >= 11 is 0. The van der Waals surface area contributed by atoms with Gasteiger partial charge in [-0.1, -0.05) is 0 Å². The van der Waals surface area contributed by atoms with Crippen molar-refractivity contribution in [2.45, 2.75) is 6.16 Å². The molecule has 7 heavy (non-hydrogen) atoms. The van der Waals surface area contributed by atoms with Crippen molar-refractivity contribution in [1.82, 2.24) is 0 Å². The van der Waals surface area contributed by atoms with Crippen LogP contribution in [0, 0.1) is 0 Å². The van der Waals surface area contributed by atoms with Gasteiger partial charge in [0.05, 0.1) is 0 Å². The van der Waals surface area contributed by atoms with Crippen molar-refractivity contribution in [2.24, 2.45) is 0 Å². The van der Waals surface area contributed by atoms with Gasteiger partial charge in [0.1, 0.15) is 0 Å². The SMILES string of the molecule is OC1(O)OO1.[CaH2].[MgH2]. The van der Waals surface area contributed by atoms with Gasteiger partial charge in [-0.05, 0) is 0 Å². The molecule has 38 valence electrons. The molecule has 1 saturated heterocycles. The van der Waals surface area contributed by atoms with Gasteiger partial charge < -0.3 is 10.2 Å². The van der Waals surface area contributed by atoms with Gasteiger partial charge >= 0.3 is 67.0 Å². The molecule has 0 amide bonds. The van der Waals surface area contributed by atoms with Gasteiger partial charge in [-0.3, -0.25) is 0 Å². The number of hydrogen-bond acceptors (Lipinski definition) is 4. The van der Waals surface area contributed by atoms with E-state index in [1.54, 1.807) is 0 Å². The molecule has 0 unspecified atom stereocenters. The smallest absolute Gasteiger partial charge is 0.316 e. The Morgan fingerprint density at radius 2 is 1.29 bits per heavy atom. The van der Waals surface area contributed by atoms with Crippen molar-refractivity contribution in [3.05, 3.63) is 0 Å². The first-order valence-corrected chi connectivity index (χ1v) is 1.02. The van der Waals surface area contributed by atoms with E-state index in [0.29, 0.717) is 0 Å². The average Bonchev–Trinajstić information content (AvgIpc) is 1.76. The molecule has 1 aliphatic rings. The van der Waals surface area contributed by atoms with Crippen LogP contribution in [-0.4, -0.2) is 77.2 Å². The quantitative estimate of drug-likeness (QED) is 0.163. The van der Waals surface area contributed by atoms with Crippen LogP contribution >= 0.6 is 0 Å². The zero-order chi connectivity index (χ0) is 3.91. The summed E-state index contributed by atoms with van der Waals surface area (Å²) in [7, 11) is 0. The minimum Gasteiger partial charge on any atom is 0.316 e. The second-order valence-electron chi connectivity index (χ2n) is 0.715. The van der Waals surface area contributed by atoms with E-state index in [2.05, 4.69) is 9.78 Å². The zero-order valence-corrected chi connectivity index (χ0v) is 2.21. The third-order valence-corrected chi connectivity index (χ3v) is 0.232. The Morgan fingerprint density at radius 3 is 1.29 bits per heavy atom. The van der Waals surface area contributed by atoms with Crippen LogP contribution in [0.4, 0.5) is 0 Å².